The summed E-state index contributed by atoms with van der Waals surface area (Å²) >= 11 is 12.0. The fraction of sp³-hybridized carbons (Fsp3) is 0.250. The highest BCUT2D eigenvalue weighted by Gasteiger charge is 2.08. The molecule has 7 heteroatoms. The summed E-state index contributed by atoms with van der Waals surface area (Å²) in [5.74, 6) is -0.181. The third-order valence-electron chi connectivity index (χ3n) is 3.02. The smallest absolute Gasteiger partial charge is 0.252 e. The predicted octanol–water partition coefficient (Wildman–Crippen LogP) is 3.90. The first kappa shape index (κ1) is 17.5. The summed E-state index contributed by atoms with van der Waals surface area (Å²) in [6.07, 6.45) is 3.89. The van der Waals surface area contributed by atoms with Crippen molar-refractivity contribution in [1.29, 1.82) is 0 Å². The monoisotopic (exact) mass is 353 g/mol. The summed E-state index contributed by atoms with van der Waals surface area (Å²) in [5.41, 5.74) is 1.83. The van der Waals surface area contributed by atoms with Crippen LogP contribution >= 0.6 is 23.2 Å². The normalized spacial score (nSPS) is 10.4. The fourth-order valence-electron chi connectivity index (χ4n) is 1.90. The molecule has 0 aliphatic heterocycles. The van der Waals surface area contributed by atoms with E-state index in [9.17, 15) is 4.79 Å². The second-order valence-corrected chi connectivity index (χ2v) is 5.66. The summed E-state index contributed by atoms with van der Waals surface area (Å²) in [6, 6.07) is 6.85. The molecule has 0 aliphatic rings. The van der Waals surface area contributed by atoms with Crippen LogP contribution in [0, 0.1) is 0 Å². The highest BCUT2D eigenvalue weighted by Crippen LogP contribution is 2.28. The lowest BCUT2D eigenvalue weighted by Crippen LogP contribution is -2.25. The number of benzene rings is 1. The average Bonchev–Trinajstić information content (AvgIpc) is 2.54. The molecular weight excluding hydrogens is 337 g/mol. The number of nitrogens with zero attached hydrogens (tertiary/aromatic N) is 1. The van der Waals surface area contributed by atoms with E-state index in [1.807, 2.05) is 0 Å². The van der Waals surface area contributed by atoms with Gasteiger partial charge in [0.15, 0.2) is 0 Å². The Balaban J connectivity index is 2.03. The van der Waals surface area contributed by atoms with Crippen LogP contribution in [0.1, 0.15) is 16.8 Å². The van der Waals surface area contributed by atoms with Gasteiger partial charge in [0.25, 0.3) is 5.91 Å². The van der Waals surface area contributed by atoms with Gasteiger partial charge in [0, 0.05) is 31.5 Å². The Kier molecular flexibility index (Phi) is 6.65. The lowest BCUT2D eigenvalue weighted by atomic mass is 10.2. The topological polar surface area (TPSA) is 63.2 Å². The van der Waals surface area contributed by atoms with Crippen LogP contribution in [0.5, 0.6) is 0 Å². The van der Waals surface area contributed by atoms with Crippen LogP contribution in [0.25, 0.3) is 0 Å². The largest absolute Gasteiger partial charge is 0.385 e. The van der Waals surface area contributed by atoms with Crippen LogP contribution in [0.4, 0.5) is 11.4 Å². The summed E-state index contributed by atoms with van der Waals surface area (Å²) < 4.78 is 4.94. The Labute approximate surface area is 145 Å². The van der Waals surface area contributed by atoms with E-state index in [-0.39, 0.29) is 5.91 Å². The Morgan fingerprint density at radius 2 is 2.09 bits per heavy atom. The van der Waals surface area contributed by atoms with Gasteiger partial charge in [-0.25, -0.2) is 0 Å². The van der Waals surface area contributed by atoms with E-state index < -0.39 is 0 Å². The van der Waals surface area contributed by atoms with Crippen molar-refractivity contribution in [2.45, 2.75) is 6.42 Å². The molecule has 0 spiro atoms. The molecule has 1 aromatic carbocycles. The molecule has 0 radical (unpaired) electrons. The number of aromatic nitrogens is 1. The van der Waals surface area contributed by atoms with E-state index in [4.69, 9.17) is 27.9 Å². The number of hydrogen-bond acceptors (Lipinski definition) is 4. The van der Waals surface area contributed by atoms with Crippen LogP contribution in [0.3, 0.4) is 0 Å². The van der Waals surface area contributed by atoms with Crippen molar-refractivity contribution < 1.29 is 9.53 Å². The first-order valence-electron chi connectivity index (χ1n) is 7.04. The first-order chi connectivity index (χ1) is 11.1. The van der Waals surface area contributed by atoms with Gasteiger partial charge in [-0.2, -0.15) is 0 Å². The van der Waals surface area contributed by atoms with E-state index in [1.54, 1.807) is 37.6 Å². The molecule has 23 heavy (non-hydrogen) atoms. The average molecular weight is 354 g/mol. The third kappa shape index (κ3) is 5.39. The van der Waals surface area contributed by atoms with E-state index in [1.165, 1.54) is 6.20 Å². The summed E-state index contributed by atoms with van der Waals surface area (Å²) in [7, 11) is 1.63. The van der Waals surface area contributed by atoms with Crippen molar-refractivity contribution in [3.63, 3.8) is 0 Å². The number of methoxy groups -OCH3 is 1. The number of halogens is 2. The number of anilines is 2. The Hall–Kier alpha value is -1.82. The Bertz CT molecular complexity index is 680. The lowest BCUT2D eigenvalue weighted by Gasteiger charge is -2.10. The molecule has 0 unspecified atom stereocenters. The maximum Gasteiger partial charge on any atom is 0.252 e. The second kappa shape index (κ2) is 8.72. The fourth-order valence-corrected chi connectivity index (χ4v) is 2.36. The first-order valence-corrected chi connectivity index (χ1v) is 7.80. The van der Waals surface area contributed by atoms with Gasteiger partial charge in [0.05, 0.1) is 28.2 Å². The van der Waals surface area contributed by atoms with Crippen molar-refractivity contribution in [3.05, 3.63) is 52.3 Å². The zero-order chi connectivity index (χ0) is 16.7. The number of amides is 1. The number of rotatable bonds is 7. The van der Waals surface area contributed by atoms with Crippen molar-refractivity contribution >= 4 is 40.5 Å². The molecule has 0 saturated heterocycles. The van der Waals surface area contributed by atoms with Crippen molar-refractivity contribution in [2.24, 2.45) is 0 Å². The highest BCUT2D eigenvalue weighted by molar-refractivity contribution is 6.36. The maximum atomic E-state index is 12.1. The molecule has 1 amide bonds. The van der Waals surface area contributed by atoms with Crippen LogP contribution in [0.15, 0.2) is 36.7 Å². The second-order valence-electron chi connectivity index (χ2n) is 4.81. The predicted molar refractivity (Wildman–Crippen MR) is 92.8 cm³/mol. The number of carbonyl (C=O) groups is 1. The van der Waals surface area contributed by atoms with Gasteiger partial charge in [-0.1, -0.05) is 23.2 Å². The van der Waals surface area contributed by atoms with Crippen LogP contribution < -0.4 is 10.6 Å². The van der Waals surface area contributed by atoms with Gasteiger partial charge >= 0.3 is 0 Å². The van der Waals surface area contributed by atoms with E-state index >= 15 is 0 Å². The molecule has 0 saturated carbocycles. The SMILES string of the molecule is COCCCNC(=O)c1cncc(Nc2ccc(Cl)cc2Cl)c1. The third-order valence-corrected chi connectivity index (χ3v) is 3.57. The minimum Gasteiger partial charge on any atom is -0.385 e. The molecule has 5 nitrogen and oxygen atoms in total. The maximum absolute atomic E-state index is 12.1. The van der Waals surface area contributed by atoms with Gasteiger partial charge in [-0.15, -0.1) is 0 Å². The zero-order valence-corrected chi connectivity index (χ0v) is 14.1. The van der Waals surface area contributed by atoms with Crippen LogP contribution in [0.2, 0.25) is 10.0 Å². The zero-order valence-electron chi connectivity index (χ0n) is 12.6. The van der Waals surface area contributed by atoms with E-state index in [0.717, 1.165) is 6.42 Å². The van der Waals surface area contributed by atoms with E-state index in [0.29, 0.717) is 40.1 Å². The lowest BCUT2D eigenvalue weighted by molar-refractivity contribution is 0.0948. The van der Waals surface area contributed by atoms with Crippen molar-refractivity contribution in [3.8, 4) is 0 Å². The molecule has 2 aromatic rings. The number of hydrogen-bond donors (Lipinski definition) is 2. The Morgan fingerprint density at radius 3 is 2.83 bits per heavy atom. The molecule has 0 aliphatic carbocycles. The van der Waals surface area contributed by atoms with Crippen molar-refractivity contribution in [2.75, 3.05) is 25.6 Å². The molecule has 1 aromatic heterocycles. The molecule has 122 valence electrons. The molecule has 0 atom stereocenters. The number of nitrogens with one attached hydrogen (secondary N) is 2. The highest BCUT2D eigenvalue weighted by atomic mass is 35.5. The molecule has 0 fully saturated rings. The van der Waals surface area contributed by atoms with Crippen LogP contribution in [-0.4, -0.2) is 31.2 Å². The molecular formula is C16H17Cl2N3O2. The van der Waals surface area contributed by atoms with E-state index in [2.05, 4.69) is 15.6 Å². The minimum atomic E-state index is -0.181. The van der Waals surface area contributed by atoms with Gasteiger partial charge < -0.3 is 15.4 Å². The summed E-state index contributed by atoms with van der Waals surface area (Å²) in [5, 5.41) is 6.98. The number of carbonyl (C=O) groups excluding carboxylic acids is 1. The van der Waals surface area contributed by atoms with Gasteiger partial charge in [-0.05, 0) is 30.7 Å². The molecule has 0 bridgehead atoms. The van der Waals surface area contributed by atoms with Gasteiger partial charge in [0.1, 0.15) is 0 Å². The van der Waals surface area contributed by atoms with Gasteiger partial charge in [-0.3, -0.25) is 9.78 Å². The number of pyridine rings is 1. The molecule has 2 N–H and O–H groups in total. The minimum absolute atomic E-state index is 0.181. The quantitative estimate of drug-likeness (QED) is 0.741. The molecule has 2 rings (SSSR count). The standard InChI is InChI=1S/C16H17Cl2N3O2/c1-23-6-2-5-20-16(22)11-7-13(10-19-9-11)21-15-4-3-12(17)8-14(15)18/h3-4,7-10,21H,2,5-6H2,1H3,(H,20,22). The molecule has 1 heterocycles. The van der Waals surface area contributed by atoms with Crippen molar-refractivity contribution in [1.82, 2.24) is 10.3 Å². The Morgan fingerprint density at radius 1 is 1.26 bits per heavy atom. The summed E-state index contributed by atoms with van der Waals surface area (Å²) in [6.45, 7) is 1.16. The van der Waals surface area contributed by atoms with Gasteiger partial charge in [0.2, 0.25) is 0 Å². The summed E-state index contributed by atoms with van der Waals surface area (Å²) in [4.78, 5) is 16.1. The van der Waals surface area contributed by atoms with Crippen LogP contribution in [-0.2, 0) is 4.74 Å². The number of ether oxygens (including phenoxy) is 1.